The maximum absolute atomic E-state index is 4.27. The fourth-order valence-corrected chi connectivity index (χ4v) is 2.04. The first-order valence-corrected chi connectivity index (χ1v) is 4.90. The van der Waals surface area contributed by atoms with Crippen LogP contribution in [0, 0.1) is 5.41 Å². The molecule has 1 aromatic rings. The van der Waals surface area contributed by atoms with Crippen molar-refractivity contribution in [1.82, 2.24) is 9.78 Å². The SMILES string of the molecule is CC1=CC(C)(C)C=c2cnn(C)c2=C1. The molecule has 0 fully saturated rings. The third kappa shape index (κ3) is 1.52. The Kier molecular flexibility index (Phi) is 1.88. The summed E-state index contributed by atoms with van der Waals surface area (Å²) in [4.78, 5) is 0. The number of rotatable bonds is 0. The fourth-order valence-electron chi connectivity index (χ4n) is 2.04. The van der Waals surface area contributed by atoms with Crippen molar-refractivity contribution in [2.45, 2.75) is 20.8 Å². The van der Waals surface area contributed by atoms with E-state index in [1.54, 1.807) is 0 Å². The van der Waals surface area contributed by atoms with Gasteiger partial charge in [0, 0.05) is 17.7 Å². The molecule has 74 valence electrons. The van der Waals surface area contributed by atoms with Gasteiger partial charge in [0.25, 0.3) is 0 Å². The predicted molar refractivity (Wildman–Crippen MR) is 58.9 cm³/mol. The van der Waals surface area contributed by atoms with Crippen molar-refractivity contribution in [1.29, 1.82) is 0 Å². The second-order valence-corrected chi connectivity index (χ2v) is 4.61. The van der Waals surface area contributed by atoms with E-state index in [-0.39, 0.29) is 5.41 Å². The number of hydrogen-bond donors (Lipinski definition) is 0. The summed E-state index contributed by atoms with van der Waals surface area (Å²) in [6, 6.07) is 0. The first kappa shape index (κ1) is 9.25. The van der Waals surface area contributed by atoms with Crippen LogP contribution in [-0.4, -0.2) is 9.78 Å². The molecule has 1 aromatic heterocycles. The van der Waals surface area contributed by atoms with E-state index >= 15 is 0 Å². The summed E-state index contributed by atoms with van der Waals surface area (Å²) in [7, 11) is 1.98. The monoisotopic (exact) mass is 188 g/mol. The Morgan fingerprint density at radius 3 is 2.71 bits per heavy atom. The molecule has 1 aliphatic rings. The van der Waals surface area contributed by atoms with Gasteiger partial charge in [0.05, 0.1) is 11.5 Å². The van der Waals surface area contributed by atoms with Crippen LogP contribution in [0.2, 0.25) is 0 Å². The van der Waals surface area contributed by atoms with Crippen molar-refractivity contribution in [2.75, 3.05) is 0 Å². The molecule has 14 heavy (non-hydrogen) atoms. The summed E-state index contributed by atoms with van der Waals surface area (Å²) in [5.74, 6) is 0. The van der Waals surface area contributed by atoms with Crippen LogP contribution in [0.25, 0.3) is 12.2 Å². The van der Waals surface area contributed by atoms with Gasteiger partial charge < -0.3 is 0 Å². The van der Waals surface area contributed by atoms with Crippen molar-refractivity contribution in [3.05, 3.63) is 28.4 Å². The lowest BCUT2D eigenvalue weighted by Crippen LogP contribution is -2.28. The van der Waals surface area contributed by atoms with Crippen LogP contribution in [0.4, 0.5) is 0 Å². The lowest BCUT2D eigenvalue weighted by atomic mass is 9.91. The molecule has 1 heterocycles. The van der Waals surface area contributed by atoms with E-state index in [1.165, 1.54) is 16.1 Å². The molecule has 0 spiro atoms. The summed E-state index contributed by atoms with van der Waals surface area (Å²) in [6.45, 7) is 6.57. The van der Waals surface area contributed by atoms with E-state index in [0.29, 0.717) is 0 Å². The molecule has 2 nitrogen and oxygen atoms in total. The largest absolute Gasteiger partial charge is 0.268 e. The maximum Gasteiger partial charge on any atom is 0.0678 e. The van der Waals surface area contributed by atoms with Crippen LogP contribution in [0.15, 0.2) is 17.8 Å². The molecule has 0 N–H and O–H groups in total. The molecule has 0 saturated heterocycles. The van der Waals surface area contributed by atoms with Crippen molar-refractivity contribution >= 4 is 12.2 Å². The molecule has 0 amide bonds. The third-order valence-electron chi connectivity index (χ3n) is 2.51. The van der Waals surface area contributed by atoms with Crippen LogP contribution < -0.4 is 10.6 Å². The standard InChI is InChI=1S/C12H16N2/c1-9-5-11-10(8-13-14(11)4)7-12(2,3)6-9/h5-8H,1-4H3. The number of aryl methyl sites for hydroxylation is 1. The molecule has 0 unspecified atom stereocenters. The lowest BCUT2D eigenvalue weighted by molar-refractivity contribution is 0.667. The average molecular weight is 188 g/mol. The summed E-state index contributed by atoms with van der Waals surface area (Å²) < 4.78 is 1.92. The number of nitrogens with zero attached hydrogens (tertiary/aromatic N) is 2. The number of aromatic nitrogens is 2. The van der Waals surface area contributed by atoms with E-state index < -0.39 is 0 Å². The van der Waals surface area contributed by atoms with Gasteiger partial charge in [-0.3, -0.25) is 4.68 Å². The second-order valence-electron chi connectivity index (χ2n) is 4.61. The molecule has 0 bridgehead atoms. The van der Waals surface area contributed by atoms with Crippen molar-refractivity contribution in [3.8, 4) is 0 Å². The Morgan fingerprint density at radius 1 is 1.29 bits per heavy atom. The smallest absolute Gasteiger partial charge is 0.0678 e. The van der Waals surface area contributed by atoms with Crippen LogP contribution in [0.5, 0.6) is 0 Å². The van der Waals surface area contributed by atoms with Crippen molar-refractivity contribution < 1.29 is 0 Å². The zero-order valence-electron chi connectivity index (χ0n) is 9.20. The minimum absolute atomic E-state index is 0.120. The predicted octanol–water partition coefficient (Wildman–Crippen LogP) is 0.967. The van der Waals surface area contributed by atoms with Gasteiger partial charge in [-0.1, -0.05) is 31.6 Å². The maximum atomic E-state index is 4.27. The van der Waals surface area contributed by atoms with Gasteiger partial charge in [-0.05, 0) is 13.0 Å². The molecular weight excluding hydrogens is 172 g/mol. The van der Waals surface area contributed by atoms with Crippen LogP contribution in [0.3, 0.4) is 0 Å². The molecule has 0 saturated carbocycles. The number of allylic oxidation sites excluding steroid dienone is 2. The molecule has 0 aromatic carbocycles. The summed E-state index contributed by atoms with van der Waals surface area (Å²) >= 11 is 0. The first-order chi connectivity index (χ1) is 6.48. The zero-order chi connectivity index (χ0) is 10.3. The van der Waals surface area contributed by atoms with E-state index in [0.717, 1.165) is 0 Å². The normalized spacial score (nSPS) is 18.7. The van der Waals surface area contributed by atoms with Gasteiger partial charge in [0.2, 0.25) is 0 Å². The van der Waals surface area contributed by atoms with Gasteiger partial charge in [-0.2, -0.15) is 5.10 Å². The van der Waals surface area contributed by atoms with Crippen LogP contribution in [0.1, 0.15) is 20.8 Å². The summed E-state index contributed by atoms with van der Waals surface area (Å²) in [5.41, 5.74) is 1.42. The Morgan fingerprint density at radius 2 is 2.00 bits per heavy atom. The van der Waals surface area contributed by atoms with E-state index in [1.807, 2.05) is 17.9 Å². The Labute approximate surface area is 84.2 Å². The number of fused-ring (bicyclic) bond motifs is 1. The first-order valence-electron chi connectivity index (χ1n) is 4.90. The van der Waals surface area contributed by atoms with Gasteiger partial charge >= 0.3 is 0 Å². The molecule has 0 atom stereocenters. The van der Waals surface area contributed by atoms with Crippen LogP contribution in [-0.2, 0) is 7.05 Å². The number of hydrogen-bond acceptors (Lipinski definition) is 1. The second kappa shape index (κ2) is 2.84. The van der Waals surface area contributed by atoms with E-state index in [4.69, 9.17) is 0 Å². The molecular formula is C12H16N2. The highest BCUT2D eigenvalue weighted by atomic mass is 15.2. The fraction of sp³-hybridized carbons (Fsp3) is 0.417. The molecule has 2 heteroatoms. The third-order valence-corrected chi connectivity index (χ3v) is 2.51. The zero-order valence-corrected chi connectivity index (χ0v) is 9.20. The summed E-state index contributed by atoms with van der Waals surface area (Å²) in [6.07, 6.45) is 8.67. The van der Waals surface area contributed by atoms with Crippen molar-refractivity contribution in [3.63, 3.8) is 0 Å². The molecule has 0 aliphatic heterocycles. The topological polar surface area (TPSA) is 17.8 Å². The van der Waals surface area contributed by atoms with Gasteiger partial charge in [0.15, 0.2) is 0 Å². The Hall–Kier alpha value is -1.31. The van der Waals surface area contributed by atoms with Gasteiger partial charge in [-0.25, -0.2) is 0 Å². The molecule has 0 radical (unpaired) electrons. The van der Waals surface area contributed by atoms with Gasteiger partial charge in [0.1, 0.15) is 0 Å². The van der Waals surface area contributed by atoms with Crippen LogP contribution >= 0.6 is 0 Å². The Balaban J connectivity index is 2.83. The van der Waals surface area contributed by atoms with E-state index in [9.17, 15) is 0 Å². The molecule has 1 aliphatic carbocycles. The Bertz CT molecular complexity index is 501. The minimum atomic E-state index is 0.120. The molecule has 2 rings (SSSR count). The highest BCUT2D eigenvalue weighted by Gasteiger charge is 2.13. The summed E-state index contributed by atoms with van der Waals surface area (Å²) in [5, 5.41) is 6.69. The van der Waals surface area contributed by atoms with Crippen molar-refractivity contribution in [2.24, 2.45) is 12.5 Å². The highest BCUT2D eigenvalue weighted by molar-refractivity contribution is 5.51. The van der Waals surface area contributed by atoms with Gasteiger partial charge in [-0.15, -0.1) is 0 Å². The van der Waals surface area contributed by atoms with E-state index in [2.05, 4.69) is 44.1 Å². The highest BCUT2D eigenvalue weighted by Crippen LogP contribution is 2.22. The minimum Gasteiger partial charge on any atom is -0.268 e. The quantitative estimate of drug-likeness (QED) is 0.593. The average Bonchev–Trinajstić information content (AvgIpc) is 2.31. The lowest BCUT2D eigenvalue weighted by Gasteiger charge is -2.13.